The lowest BCUT2D eigenvalue weighted by atomic mass is 10.1. The molecule has 3 rings (SSSR count). The fourth-order valence-electron chi connectivity index (χ4n) is 2.94. The van der Waals surface area contributed by atoms with E-state index in [4.69, 9.17) is 4.74 Å². The van der Waals surface area contributed by atoms with Crippen molar-refractivity contribution in [1.82, 2.24) is 15.1 Å². The molecule has 154 valence electrons. The lowest BCUT2D eigenvalue weighted by Crippen LogP contribution is -2.45. The second kappa shape index (κ2) is 9.60. The van der Waals surface area contributed by atoms with Crippen LogP contribution in [-0.2, 0) is 27.3 Å². The van der Waals surface area contributed by atoms with Gasteiger partial charge >= 0.3 is 5.97 Å². The highest BCUT2D eigenvalue weighted by Gasteiger charge is 2.22. The summed E-state index contributed by atoms with van der Waals surface area (Å²) in [6.45, 7) is -0.427. The first kappa shape index (κ1) is 20.9. The number of nitrogens with zero attached hydrogens (tertiary/aromatic N) is 2. The molecule has 0 fully saturated rings. The maximum absolute atomic E-state index is 14.0. The molecule has 8 heteroatoms. The van der Waals surface area contributed by atoms with E-state index in [1.807, 2.05) is 30.3 Å². The average molecular weight is 409 g/mol. The number of hydrogen-bond acceptors (Lipinski definition) is 5. The maximum Gasteiger partial charge on any atom is 0.328 e. The molecule has 1 aromatic heterocycles. The van der Waals surface area contributed by atoms with Crippen molar-refractivity contribution < 1.29 is 18.7 Å². The Hall–Kier alpha value is -3.81. The first-order chi connectivity index (χ1) is 14.5. The van der Waals surface area contributed by atoms with E-state index < -0.39 is 35.8 Å². The summed E-state index contributed by atoms with van der Waals surface area (Å²) in [5.41, 5.74) is 0.741. The number of ether oxygens (including phenoxy) is 1. The van der Waals surface area contributed by atoms with Crippen LogP contribution in [0.15, 0.2) is 71.5 Å². The predicted molar refractivity (Wildman–Crippen MR) is 108 cm³/mol. The maximum atomic E-state index is 14.0. The molecule has 0 aliphatic rings. The third-order valence-corrected chi connectivity index (χ3v) is 4.41. The molecule has 3 aromatic rings. The summed E-state index contributed by atoms with van der Waals surface area (Å²) < 4.78 is 19.7. The molecule has 0 bridgehead atoms. The molecule has 0 aliphatic carbocycles. The van der Waals surface area contributed by atoms with Gasteiger partial charge in [0.25, 0.3) is 5.56 Å². The lowest BCUT2D eigenvalue weighted by Gasteiger charge is -2.17. The van der Waals surface area contributed by atoms with Gasteiger partial charge in [0.05, 0.1) is 12.8 Å². The fourth-order valence-corrected chi connectivity index (χ4v) is 2.94. The molecule has 0 radical (unpaired) electrons. The Morgan fingerprint density at radius 2 is 1.77 bits per heavy atom. The number of benzene rings is 2. The zero-order valence-electron chi connectivity index (χ0n) is 16.2. The zero-order chi connectivity index (χ0) is 21.5. The first-order valence-electron chi connectivity index (χ1n) is 9.22. The van der Waals surface area contributed by atoms with Crippen molar-refractivity contribution in [3.63, 3.8) is 0 Å². The Labute approximate surface area is 172 Å². The van der Waals surface area contributed by atoms with E-state index in [0.29, 0.717) is 0 Å². The predicted octanol–water partition coefficient (Wildman–Crippen LogP) is 1.95. The third-order valence-electron chi connectivity index (χ3n) is 4.41. The van der Waals surface area contributed by atoms with Gasteiger partial charge in [0, 0.05) is 18.1 Å². The summed E-state index contributed by atoms with van der Waals surface area (Å²) in [4.78, 5) is 36.7. The van der Waals surface area contributed by atoms with Crippen LogP contribution in [0.5, 0.6) is 0 Å². The van der Waals surface area contributed by atoms with Crippen molar-refractivity contribution in [2.75, 3.05) is 7.11 Å². The Morgan fingerprint density at radius 3 is 2.47 bits per heavy atom. The van der Waals surface area contributed by atoms with Crippen LogP contribution < -0.4 is 10.9 Å². The van der Waals surface area contributed by atoms with E-state index in [1.54, 1.807) is 12.1 Å². The van der Waals surface area contributed by atoms with E-state index >= 15 is 0 Å². The summed E-state index contributed by atoms with van der Waals surface area (Å²) in [7, 11) is 1.23. The van der Waals surface area contributed by atoms with Crippen LogP contribution in [0.4, 0.5) is 4.39 Å². The monoisotopic (exact) mass is 409 g/mol. The summed E-state index contributed by atoms with van der Waals surface area (Å²) >= 11 is 0. The number of amides is 1. The van der Waals surface area contributed by atoms with Gasteiger partial charge in [0.15, 0.2) is 0 Å². The minimum atomic E-state index is -0.921. The van der Waals surface area contributed by atoms with Gasteiger partial charge < -0.3 is 10.1 Å². The van der Waals surface area contributed by atoms with E-state index in [2.05, 4.69) is 10.4 Å². The van der Waals surface area contributed by atoms with Gasteiger partial charge in [0.2, 0.25) is 5.91 Å². The highest BCUT2D eigenvalue weighted by Crippen LogP contribution is 2.18. The number of halogens is 1. The second-order valence-electron chi connectivity index (χ2n) is 6.53. The van der Waals surface area contributed by atoms with Crippen LogP contribution in [0, 0.1) is 5.82 Å². The number of hydrogen-bond donors (Lipinski definition) is 1. The molecule has 0 aliphatic heterocycles. The highest BCUT2D eigenvalue weighted by atomic mass is 19.1. The van der Waals surface area contributed by atoms with Gasteiger partial charge in [-0.05, 0) is 23.8 Å². The van der Waals surface area contributed by atoms with Crippen LogP contribution in [0.3, 0.4) is 0 Å². The Balaban J connectivity index is 1.77. The number of esters is 1. The molecule has 0 saturated carbocycles. The number of carbonyl (C=O) groups is 2. The van der Waals surface area contributed by atoms with Crippen molar-refractivity contribution >= 4 is 11.9 Å². The standard InChI is InChI=1S/C22H20FN3O4/c1-30-22(29)19(13-15-7-3-2-4-8-15)24-20(27)14-26-21(28)12-11-18(25-26)16-9-5-6-10-17(16)23/h2-12,19H,13-14H2,1H3,(H,24,27)/t19-/m1/s1. The van der Waals surface area contributed by atoms with Gasteiger partial charge in [-0.3, -0.25) is 9.59 Å². The van der Waals surface area contributed by atoms with E-state index in [9.17, 15) is 18.8 Å². The number of rotatable bonds is 7. The van der Waals surface area contributed by atoms with Crippen molar-refractivity contribution in [3.05, 3.63) is 88.5 Å². The molecule has 2 aromatic carbocycles. The number of methoxy groups -OCH3 is 1. The molecule has 7 nitrogen and oxygen atoms in total. The SMILES string of the molecule is COC(=O)[C@@H](Cc1ccccc1)NC(=O)Cn1nc(-c2ccccc2F)ccc1=O. The van der Waals surface area contributed by atoms with Crippen LogP contribution in [0.25, 0.3) is 11.3 Å². The normalized spacial score (nSPS) is 11.5. The van der Waals surface area contributed by atoms with Crippen molar-refractivity contribution in [2.45, 2.75) is 19.0 Å². The minimum absolute atomic E-state index is 0.211. The van der Waals surface area contributed by atoms with E-state index in [0.717, 1.165) is 10.2 Å². The molecule has 30 heavy (non-hydrogen) atoms. The minimum Gasteiger partial charge on any atom is -0.467 e. The van der Waals surface area contributed by atoms with E-state index in [-0.39, 0.29) is 17.7 Å². The van der Waals surface area contributed by atoms with Crippen LogP contribution >= 0.6 is 0 Å². The van der Waals surface area contributed by atoms with Crippen molar-refractivity contribution in [1.29, 1.82) is 0 Å². The molecular weight excluding hydrogens is 389 g/mol. The molecule has 1 heterocycles. The van der Waals surface area contributed by atoms with Crippen molar-refractivity contribution in [2.24, 2.45) is 0 Å². The highest BCUT2D eigenvalue weighted by molar-refractivity contribution is 5.84. The number of aromatic nitrogens is 2. The number of carbonyl (C=O) groups excluding carboxylic acids is 2. The zero-order valence-corrected chi connectivity index (χ0v) is 16.2. The Bertz CT molecular complexity index is 1100. The van der Waals surface area contributed by atoms with Crippen LogP contribution in [0.1, 0.15) is 5.56 Å². The van der Waals surface area contributed by atoms with E-state index in [1.165, 1.54) is 31.4 Å². The van der Waals surface area contributed by atoms with Gasteiger partial charge in [-0.1, -0.05) is 42.5 Å². The van der Waals surface area contributed by atoms with Crippen LogP contribution in [-0.4, -0.2) is 34.8 Å². The Morgan fingerprint density at radius 1 is 1.07 bits per heavy atom. The number of nitrogens with one attached hydrogen (secondary N) is 1. The van der Waals surface area contributed by atoms with Gasteiger partial charge in [0.1, 0.15) is 18.4 Å². The molecule has 0 unspecified atom stereocenters. The molecule has 0 saturated heterocycles. The van der Waals surface area contributed by atoms with Crippen molar-refractivity contribution in [3.8, 4) is 11.3 Å². The third kappa shape index (κ3) is 5.16. The molecule has 1 N–H and O–H groups in total. The molecule has 1 atom stereocenters. The molecule has 0 spiro atoms. The quantitative estimate of drug-likeness (QED) is 0.603. The second-order valence-corrected chi connectivity index (χ2v) is 6.53. The topological polar surface area (TPSA) is 90.3 Å². The average Bonchev–Trinajstić information content (AvgIpc) is 2.75. The fraction of sp³-hybridized carbons (Fsp3) is 0.182. The van der Waals surface area contributed by atoms with Gasteiger partial charge in [-0.2, -0.15) is 5.10 Å². The summed E-state index contributed by atoms with van der Waals surface area (Å²) in [5.74, 6) is -1.69. The summed E-state index contributed by atoms with van der Waals surface area (Å²) in [6, 6.07) is 16.8. The van der Waals surface area contributed by atoms with Gasteiger partial charge in [-0.15, -0.1) is 0 Å². The molecule has 1 amide bonds. The summed E-state index contributed by atoms with van der Waals surface area (Å²) in [6.07, 6.45) is 0.233. The smallest absolute Gasteiger partial charge is 0.328 e. The summed E-state index contributed by atoms with van der Waals surface area (Å²) in [5, 5.41) is 6.66. The first-order valence-corrected chi connectivity index (χ1v) is 9.22. The molecular formula is C22H20FN3O4. The lowest BCUT2D eigenvalue weighted by molar-refractivity contribution is -0.145. The largest absolute Gasteiger partial charge is 0.467 e. The van der Waals surface area contributed by atoms with Gasteiger partial charge in [-0.25, -0.2) is 13.9 Å². The van der Waals surface area contributed by atoms with Crippen LogP contribution in [0.2, 0.25) is 0 Å². The Kier molecular flexibility index (Phi) is 6.69.